The van der Waals surface area contributed by atoms with E-state index in [0.29, 0.717) is 13.1 Å². The van der Waals surface area contributed by atoms with Gasteiger partial charge in [-0.15, -0.1) is 24.0 Å². The number of benzene rings is 1. The summed E-state index contributed by atoms with van der Waals surface area (Å²) >= 11 is 0. The molecule has 1 aromatic rings. The maximum atomic E-state index is 12.1. The summed E-state index contributed by atoms with van der Waals surface area (Å²) in [6.07, 6.45) is 0.915. The summed E-state index contributed by atoms with van der Waals surface area (Å²) in [5.74, 6) is 0.811. The van der Waals surface area contributed by atoms with Gasteiger partial charge in [0.25, 0.3) is 0 Å². The van der Waals surface area contributed by atoms with Gasteiger partial charge in [-0.2, -0.15) is 0 Å². The van der Waals surface area contributed by atoms with Gasteiger partial charge < -0.3 is 30.1 Å². The van der Waals surface area contributed by atoms with Crippen molar-refractivity contribution in [2.45, 2.75) is 45.9 Å². The molecule has 9 heteroatoms. The summed E-state index contributed by atoms with van der Waals surface area (Å²) in [5, 5.41) is 6.79. The van der Waals surface area contributed by atoms with Gasteiger partial charge in [-0.3, -0.25) is 4.99 Å². The Bertz CT molecular complexity index is 735. The second kappa shape index (κ2) is 14.6. The Hall–Kier alpha value is -1.59. The number of ether oxygens (including phenoxy) is 1. The van der Waals surface area contributed by atoms with Crippen molar-refractivity contribution < 1.29 is 9.53 Å². The van der Waals surface area contributed by atoms with Gasteiger partial charge in [-0.05, 0) is 58.5 Å². The first-order chi connectivity index (χ1) is 15.2. The molecule has 188 valence electrons. The molecule has 0 atom stereocenters. The van der Waals surface area contributed by atoms with Crippen molar-refractivity contribution in [3.8, 4) is 0 Å². The minimum Gasteiger partial charge on any atom is -0.444 e. The van der Waals surface area contributed by atoms with Crippen molar-refractivity contribution in [1.29, 1.82) is 0 Å². The Kier molecular flexibility index (Phi) is 13.0. The Morgan fingerprint density at radius 1 is 1.09 bits per heavy atom. The Balaban J connectivity index is 0.00000544. The number of halogens is 1. The number of hydrogen-bond acceptors (Lipinski definition) is 5. The second-order valence-electron chi connectivity index (χ2n) is 9.50. The second-order valence-corrected chi connectivity index (χ2v) is 9.50. The lowest BCUT2D eigenvalue weighted by Gasteiger charge is -2.24. The molecule has 0 aliphatic carbocycles. The molecule has 1 aliphatic rings. The molecule has 2 N–H and O–H groups in total. The zero-order valence-corrected chi connectivity index (χ0v) is 23.5. The van der Waals surface area contributed by atoms with Gasteiger partial charge >= 0.3 is 6.09 Å². The zero-order chi connectivity index (χ0) is 23.6. The highest BCUT2D eigenvalue weighted by atomic mass is 127. The molecule has 2 rings (SSSR count). The SMILES string of the molecule is CN=C(NCCN1CCCN(C)CC1)NCc1ccc(CN(C)C(=O)OC(C)(C)C)cc1.I. The van der Waals surface area contributed by atoms with E-state index in [1.54, 1.807) is 19.0 Å². The number of guanidine groups is 1. The summed E-state index contributed by atoms with van der Waals surface area (Å²) in [4.78, 5) is 23.0. The lowest BCUT2D eigenvalue weighted by Crippen LogP contribution is -2.42. The third-order valence-corrected chi connectivity index (χ3v) is 5.36. The van der Waals surface area contributed by atoms with Crippen LogP contribution in [0.1, 0.15) is 38.3 Å². The number of nitrogens with one attached hydrogen (secondary N) is 2. The summed E-state index contributed by atoms with van der Waals surface area (Å²) in [5.41, 5.74) is 1.73. The number of nitrogens with zero attached hydrogens (tertiary/aromatic N) is 4. The number of hydrogen-bond donors (Lipinski definition) is 2. The monoisotopic (exact) mass is 574 g/mol. The van der Waals surface area contributed by atoms with E-state index in [2.05, 4.69) is 44.6 Å². The zero-order valence-electron chi connectivity index (χ0n) is 21.2. The van der Waals surface area contributed by atoms with E-state index in [4.69, 9.17) is 4.74 Å². The van der Waals surface area contributed by atoms with E-state index >= 15 is 0 Å². The minimum atomic E-state index is -0.489. The van der Waals surface area contributed by atoms with Crippen LogP contribution in [0.2, 0.25) is 0 Å². The highest BCUT2D eigenvalue weighted by Crippen LogP contribution is 2.12. The average Bonchev–Trinajstić information content (AvgIpc) is 2.94. The van der Waals surface area contributed by atoms with Crippen molar-refractivity contribution in [2.24, 2.45) is 4.99 Å². The van der Waals surface area contributed by atoms with E-state index in [0.717, 1.165) is 49.8 Å². The lowest BCUT2D eigenvalue weighted by molar-refractivity contribution is 0.0285. The van der Waals surface area contributed by atoms with Crippen LogP contribution in [0, 0.1) is 0 Å². The van der Waals surface area contributed by atoms with Gasteiger partial charge in [0.15, 0.2) is 5.96 Å². The molecule has 33 heavy (non-hydrogen) atoms. The maximum Gasteiger partial charge on any atom is 0.410 e. The fourth-order valence-corrected chi connectivity index (χ4v) is 3.50. The normalized spacial score (nSPS) is 15.9. The van der Waals surface area contributed by atoms with Crippen LogP contribution in [0.25, 0.3) is 0 Å². The molecule has 0 saturated carbocycles. The van der Waals surface area contributed by atoms with E-state index < -0.39 is 5.60 Å². The predicted molar refractivity (Wildman–Crippen MR) is 146 cm³/mol. The van der Waals surface area contributed by atoms with Gasteiger partial charge in [0.05, 0.1) is 0 Å². The van der Waals surface area contributed by atoms with Crippen molar-refractivity contribution >= 4 is 36.0 Å². The predicted octanol–water partition coefficient (Wildman–Crippen LogP) is 2.97. The standard InChI is InChI=1S/C24H42N6O2.HI/c1-24(2,3)32-23(31)29(6)19-21-10-8-20(9-11-21)18-27-22(25-4)26-12-15-30-14-7-13-28(5)16-17-30;/h8-11H,7,12-19H2,1-6H3,(H2,25,26,27);1H. The van der Waals surface area contributed by atoms with E-state index in [-0.39, 0.29) is 30.1 Å². The Labute approximate surface area is 217 Å². The third-order valence-electron chi connectivity index (χ3n) is 5.36. The molecule has 8 nitrogen and oxygen atoms in total. The number of carbonyl (C=O) groups excluding carboxylic acids is 1. The van der Waals surface area contributed by atoms with Crippen LogP contribution in [0.5, 0.6) is 0 Å². The molecule has 0 spiro atoms. The number of rotatable bonds is 7. The Morgan fingerprint density at radius 3 is 2.39 bits per heavy atom. The lowest BCUT2D eigenvalue weighted by atomic mass is 10.1. The van der Waals surface area contributed by atoms with Crippen molar-refractivity contribution in [3.63, 3.8) is 0 Å². The van der Waals surface area contributed by atoms with Gasteiger partial charge in [-0.1, -0.05) is 24.3 Å². The highest BCUT2D eigenvalue weighted by molar-refractivity contribution is 14.0. The average molecular weight is 575 g/mol. The quantitative estimate of drug-likeness (QED) is 0.297. The van der Waals surface area contributed by atoms with Crippen LogP contribution in [0.4, 0.5) is 4.79 Å². The van der Waals surface area contributed by atoms with Gasteiger partial charge in [0.1, 0.15) is 5.60 Å². The van der Waals surface area contributed by atoms with Crippen molar-refractivity contribution in [1.82, 2.24) is 25.3 Å². The third kappa shape index (κ3) is 11.9. The molecule has 1 amide bonds. The number of amides is 1. The van der Waals surface area contributed by atoms with Gasteiger partial charge in [-0.25, -0.2) is 4.79 Å². The summed E-state index contributed by atoms with van der Waals surface area (Å²) in [7, 11) is 5.74. The van der Waals surface area contributed by atoms with Crippen LogP contribution in [0.15, 0.2) is 29.3 Å². The van der Waals surface area contributed by atoms with Crippen LogP contribution >= 0.6 is 24.0 Å². The van der Waals surface area contributed by atoms with E-state index in [9.17, 15) is 4.79 Å². The maximum absolute atomic E-state index is 12.1. The smallest absolute Gasteiger partial charge is 0.410 e. The van der Waals surface area contributed by atoms with Crippen LogP contribution in [-0.2, 0) is 17.8 Å². The summed E-state index contributed by atoms with van der Waals surface area (Å²) in [6, 6.07) is 8.24. The molecule has 0 bridgehead atoms. The highest BCUT2D eigenvalue weighted by Gasteiger charge is 2.19. The first-order valence-corrected chi connectivity index (χ1v) is 11.5. The van der Waals surface area contributed by atoms with E-state index in [1.807, 2.05) is 32.9 Å². The number of likely N-dealkylation sites (N-methyl/N-ethyl adjacent to an activating group) is 1. The Morgan fingerprint density at radius 2 is 1.76 bits per heavy atom. The molecule has 1 fully saturated rings. The largest absolute Gasteiger partial charge is 0.444 e. The molecular formula is C24H43IN6O2. The molecule has 0 aromatic heterocycles. The fourth-order valence-electron chi connectivity index (χ4n) is 3.50. The molecule has 0 unspecified atom stereocenters. The molecular weight excluding hydrogens is 531 g/mol. The fraction of sp³-hybridized carbons (Fsp3) is 0.667. The van der Waals surface area contributed by atoms with Crippen LogP contribution in [0.3, 0.4) is 0 Å². The first kappa shape index (κ1) is 29.4. The molecule has 1 heterocycles. The summed E-state index contributed by atoms with van der Waals surface area (Å²) in [6.45, 7) is 13.3. The van der Waals surface area contributed by atoms with Crippen LogP contribution < -0.4 is 10.6 Å². The molecule has 1 saturated heterocycles. The van der Waals surface area contributed by atoms with Crippen LogP contribution in [-0.4, -0.2) is 92.8 Å². The van der Waals surface area contributed by atoms with Gasteiger partial charge in [0, 0.05) is 53.4 Å². The van der Waals surface area contributed by atoms with Crippen molar-refractivity contribution in [2.75, 3.05) is 60.4 Å². The molecule has 0 radical (unpaired) electrons. The first-order valence-electron chi connectivity index (χ1n) is 11.5. The van der Waals surface area contributed by atoms with Gasteiger partial charge in [0.2, 0.25) is 0 Å². The topological polar surface area (TPSA) is 72.4 Å². The molecule has 1 aliphatic heterocycles. The minimum absolute atomic E-state index is 0. The van der Waals surface area contributed by atoms with E-state index in [1.165, 1.54) is 13.0 Å². The number of aliphatic imine (C=N–C) groups is 1. The number of carbonyl (C=O) groups is 1. The molecule has 1 aromatic carbocycles. The van der Waals surface area contributed by atoms with Crippen molar-refractivity contribution in [3.05, 3.63) is 35.4 Å². The summed E-state index contributed by atoms with van der Waals surface area (Å²) < 4.78 is 5.41.